The summed E-state index contributed by atoms with van der Waals surface area (Å²) in [5.41, 5.74) is 7.47. The Morgan fingerprint density at radius 1 is 0.583 bits per heavy atom. The van der Waals surface area contributed by atoms with Crippen LogP contribution in [0.3, 0.4) is 0 Å². The minimum Gasteiger partial charge on any atom is -0.481 e. The summed E-state index contributed by atoms with van der Waals surface area (Å²) < 4.78 is 43.0. The Bertz CT molecular complexity index is 5240. The Labute approximate surface area is 816 Å². The molecule has 1 saturated heterocycles. The molecule has 760 valence electrons. The molecule has 0 saturated carbocycles. The van der Waals surface area contributed by atoms with E-state index in [9.17, 15) is 120 Å². The summed E-state index contributed by atoms with van der Waals surface area (Å²) in [6, 6.07) is 9.75. The van der Waals surface area contributed by atoms with Crippen LogP contribution in [0.25, 0.3) is 0 Å². The number of amides is 6. The van der Waals surface area contributed by atoms with Gasteiger partial charge in [-0.25, -0.2) is 0 Å². The summed E-state index contributed by atoms with van der Waals surface area (Å²) in [5.74, 6) is -20.3. The molecule has 3 aliphatic rings. The number of ether oxygens (including phenoxy) is 1. The van der Waals surface area contributed by atoms with Crippen molar-refractivity contribution in [2.75, 3.05) is 56.9 Å². The first-order chi connectivity index (χ1) is 65.6. The van der Waals surface area contributed by atoms with Gasteiger partial charge in [-0.1, -0.05) is 112 Å². The number of nitrogens with zero attached hydrogens (tertiary/aromatic N) is 4. The molecule has 0 radical (unpaired) electrons. The van der Waals surface area contributed by atoms with E-state index >= 15 is 0 Å². The first-order valence-corrected chi connectivity index (χ1v) is 50.2. The number of carbonyl (C=O) groups is 17. The molecule has 11 N–H and O–H groups in total. The van der Waals surface area contributed by atoms with Gasteiger partial charge in [0.2, 0.25) is 41.1 Å². The Balaban J connectivity index is 1.13. The monoisotopic (exact) mass is 1970 g/mol. The van der Waals surface area contributed by atoms with Crippen molar-refractivity contribution in [3.05, 3.63) is 137 Å². The number of hydrogen-bond acceptors (Lipinski definition) is 24. The Kier molecular flexibility index (Phi) is 46.8. The molecule has 3 aliphatic heterocycles. The summed E-state index contributed by atoms with van der Waals surface area (Å²) in [7, 11) is -3.24. The highest BCUT2D eigenvalue weighted by Crippen LogP contribution is 2.49. The molecule has 1 fully saturated rings. The minimum absolute atomic E-state index is 0.0400. The van der Waals surface area contributed by atoms with Gasteiger partial charge < -0.3 is 71.5 Å². The number of carboxylic acid groups (broad SMARTS) is 5. The van der Waals surface area contributed by atoms with E-state index in [0.29, 0.717) is 59.6 Å². The second-order valence-electron chi connectivity index (χ2n) is 36.9. The Morgan fingerprint density at radius 2 is 1.14 bits per heavy atom. The number of ketones is 6. The number of carboxylic acids is 5. The van der Waals surface area contributed by atoms with E-state index in [2.05, 4.69) is 88.3 Å². The van der Waals surface area contributed by atoms with Gasteiger partial charge in [0.15, 0.2) is 34.6 Å². The van der Waals surface area contributed by atoms with Gasteiger partial charge in [-0.2, -0.15) is 24.8 Å². The fraction of sp³-hybridized carbons (Fsp3) is 0.554. The molecule has 3 heterocycles. The zero-order valence-electron chi connectivity index (χ0n) is 81.6. The predicted octanol–water partition coefficient (Wildman–Crippen LogP) is 10.7. The van der Waals surface area contributed by atoms with Crippen molar-refractivity contribution >= 4 is 145 Å². The molecule has 3 aromatic rings. The maximum atomic E-state index is 14.7. The SMILES string of the molecule is CCC(=O)[C@H](CSC)NC(=O)CCC(=O)[C@H](CC(C)C)NC(=O)[C@@H]1CCCN1C(=O)COCCCC(=O)[C@H](Cc1ccc(/C(C)=N/OC)cc1)NC(=O)[C@@H](CCC(=O)O)CC(=O)[C@@H](CCC(=O)O)NC(=O)[C@@H](CCC(=O)O)CC(=O)[C@@H](CCC(=O)O)NC(=O)[C@@H](CCC(=O)O)CC(=O)CCCCCN1/C(=C/C=C/C=C/C=C/C2=[N+](CC)c3ccc(C)cc3C2(C)C)C(C)(C)c2cc(S(=O)(=O)O)ccc21. The number of unbranched alkanes of at least 4 members (excludes halogenated alkanes) is 2. The number of anilines is 1. The predicted molar refractivity (Wildman–Crippen MR) is 520 cm³/mol. The molecule has 6 rings (SSSR count). The van der Waals surface area contributed by atoms with Crippen molar-refractivity contribution in [3.63, 3.8) is 0 Å². The fourth-order valence-electron chi connectivity index (χ4n) is 17.5. The smallest absolute Gasteiger partial charge is 0.303 e. The lowest BCUT2D eigenvalue weighted by Gasteiger charge is -2.27. The molecular formula is C101H138N9O27S2+. The average molecular weight is 1970 g/mol. The second-order valence-corrected chi connectivity index (χ2v) is 39.2. The van der Waals surface area contributed by atoms with Gasteiger partial charge in [0, 0.05) is 161 Å². The van der Waals surface area contributed by atoms with Crippen LogP contribution in [0.2, 0.25) is 0 Å². The number of oxime groups is 1. The van der Waals surface area contributed by atoms with Gasteiger partial charge in [-0.3, -0.25) is 86.1 Å². The molecule has 6 amide bonds. The quantitative estimate of drug-likeness (QED) is 0.00624. The van der Waals surface area contributed by atoms with Crippen LogP contribution in [0.15, 0.2) is 119 Å². The van der Waals surface area contributed by atoms with Crippen molar-refractivity contribution < 1.29 is 134 Å². The number of fused-ring (bicyclic) bond motifs is 2. The summed E-state index contributed by atoms with van der Waals surface area (Å²) in [4.78, 5) is 237. The fourth-order valence-corrected chi connectivity index (χ4v) is 18.6. The summed E-state index contributed by atoms with van der Waals surface area (Å²) in [6.45, 7) is 20.1. The van der Waals surface area contributed by atoms with Gasteiger partial charge in [-0.05, 0) is 171 Å². The van der Waals surface area contributed by atoms with Crippen LogP contribution >= 0.6 is 11.8 Å². The number of allylic oxidation sites excluding steroid dienone is 8. The van der Waals surface area contributed by atoms with Crippen LogP contribution in [0.1, 0.15) is 251 Å². The molecular weight excluding hydrogens is 1840 g/mol. The standard InChI is InChI=1S/C101H137N9O27S2/c1-13-82(112)78(61-138-12)102-89(117)44-43-84(114)76(53-62(3)4)106-99(132)81-26-23-51-110(81)90(118)60-137-52-24-27-83(113)77(55-65-31-33-66(34-32-65)64(6)107-136-11)105-98(131)69(37-47-93(123)124)58-86(116)75(40-49-95(127)128)104-97(130)68(36-46-92(121)122)57-85(115)74(39-48-94(125)126)103-96(129)67(35-45-91(119)120)56-70(111)25-19-18-22-50-109-80-42-38-71(139(133,134)135)59-73(80)101(9,10)88(109)29-21-17-15-16-20-28-87-100(7,8)72-54-63(5)30-41-79(72)108(87)14-2/h15-17,20-21,28-34,38,41-42,54,59,62,67-69,74-78,81H,13-14,18-19,22-27,35-37,39-40,43-53,55-58,60-61H2,1-12H3,(H10-,102,103,104,105,106,117,119,120,121,122,123,124,125,126,127,128,129,130,131,132,133,134,135)/p+1/b107-64+/t67-,68-,69-,74+,75+,76-,77-,78-,81-/m0/s1. The molecule has 0 spiro atoms. The highest BCUT2D eigenvalue weighted by Gasteiger charge is 2.46. The lowest BCUT2D eigenvalue weighted by atomic mass is 9.81. The maximum Gasteiger partial charge on any atom is 0.303 e. The Morgan fingerprint density at radius 3 is 1.68 bits per heavy atom. The largest absolute Gasteiger partial charge is 0.481 e. The van der Waals surface area contributed by atoms with Crippen molar-refractivity contribution in [1.29, 1.82) is 0 Å². The van der Waals surface area contributed by atoms with Crippen LogP contribution in [0.5, 0.6) is 0 Å². The molecule has 0 aliphatic carbocycles. The molecule has 3 aromatic carbocycles. The van der Waals surface area contributed by atoms with Crippen LogP contribution in [-0.2, 0) is 118 Å². The van der Waals surface area contributed by atoms with E-state index in [1.54, 1.807) is 50.4 Å². The van der Waals surface area contributed by atoms with Gasteiger partial charge in [-0.15, -0.1) is 0 Å². The summed E-state index contributed by atoms with van der Waals surface area (Å²) in [6.07, 6.45) is 7.43. The number of nitrogens with one attached hydrogen (secondary N) is 5. The van der Waals surface area contributed by atoms with Gasteiger partial charge >= 0.3 is 29.8 Å². The highest BCUT2D eigenvalue weighted by atomic mass is 32.2. The third kappa shape index (κ3) is 36.6. The average Bonchev–Trinajstić information content (AvgIpc) is 1.59. The van der Waals surface area contributed by atoms with Crippen molar-refractivity contribution in [3.8, 4) is 0 Å². The van der Waals surface area contributed by atoms with Crippen LogP contribution in [0, 0.1) is 30.6 Å². The van der Waals surface area contributed by atoms with Crippen LogP contribution in [0.4, 0.5) is 11.4 Å². The van der Waals surface area contributed by atoms with Crippen molar-refractivity contribution in [2.24, 2.45) is 28.8 Å². The first-order valence-electron chi connectivity index (χ1n) is 47.3. The summed E-state index contributed by atoms with van der Waals surface area (Å²) in [5, 5.41) is 66.4. The number of aryl methyl sites for hydroxylation is 1. The van der Waals surface area contributed by atoms with Crippen LogP contribution in [-0.4, -0.2) is 248 Å². The zero-order chi connectivity index (χ0) is 103. The zero-order valence-corrected chi connectivity index (χ0v) is 83.2. The van der Waals surface area contributed by atoms with Crippen molar-refractivity contribution in [2.45, 2.75) is 288 Å². The molecule has 0 bridgehead atoms. The Hall–Kier alpha value is -12.0. The minimum atomic E-state index is -4.59. The van der Waals surface area contributed by atoms with E-state index in [-0.39, 0.29) is 99.4 Å². The number of rotatable bonds is 65. The highest BCUT2D eigenvalue weighted by molar-refractivity contribution is 7.98. The van der Waals surface area contributed by atoms with Gasteiger partial charge in [0.05, 0.1) is 46.2 Å². The van der Waals surface area contributed by atoms with E-state index in [1.807, 2.05) is 69.1 Å². The van der Waals surface area contributed by atoms with Gasteiger partial charge in [0.1, 0.15) is 32.1 Å². The van der Waals surface area contributed by atoms with Crippen molar-refractivity contribution in [1.82, 2.24) is 31.5 Å². The number of hydrogen-bond donors (Lipinski definition) is 11. The maximum absolute atomic E-state index is 14.7. The van der Waals surface area contributed by atoms with Crippen LogP contribution < -0.4 is 31.5 Å². The number of likely N-dealkylation sites (tertiary alicyclic amines) is 1. The van der Waals surface area contributed by atoms with E-state index < -0.39 is 254 Å². The normalized spacial score (nSPS) is 16.5. The van der Waals surface area contributed by atoms with E-state index in [1.165, 1.54) is 52.7 Å². The second kappa shape index (κ2) is 56.3. The topological polar surface area (TPSA) is 546 Å². The lowest BCUT2D eigenvalue weighted by molar-refractivity contribution is -0.433. The lowest BCUT2D eigenvalue weighted by Crippen LogP contribution is -2.52. The molecule has 0 unspecified atom stereocenters. The third-order valence-corrected chi connectivity index (χ3v) is 26.6. The molecule has 38 heteroatoms. The third-order valence-electron chi connectivity index (χ3n) is 25.1. The van der Waals surface area contributed by atoms with Gasteiger partial charge in [0.25, 0.3) is 10.1 Å². The molecule has 139 heavy (non-hydrogen) atoms. The number of thioether (sulfide) groups is 1. The number of benzene rings is 3. The molecule has 9 atom stereocenters. The molecule has 0 aromatic heterocycles. The number of carbonyl (C=O) groups excluding carboxylic acids is 12. The first kappa shape index (κ1) is 116. The molecule has 36 nitrogen and oxygen atoms in total. The van der Waals surface area contributed by atoms with E-state index in [4.69, 9.17) is 9.57 Å². The number of Topliss-reactive ketones (excluding diaryl/α,β-unsaturated/α-hetero) is 6. The summed E-state index contributed by atoms with van der Waals surface area (Å²) >= 11 is 1.39. The van der Waals surface area contributed by atoms with E-state index in [0.717, 1.165) is 18.0 Å². The number of aliphatic carboxylic acids is 5.